The highest BCUT2D eigenvalue weighted by atomic mass is 35.5. The van der Waals surface area contributed by atoms with Crippen molar-refractivity contribution in [3.63, 3.8) is 0 Å². The van der Waals surface area contributed by atoms with Crippen molar-refractivity contribution in [2.75, 3.05) is 6.54 Å². The molecule has 70 valence electrons. The van der Waals surface area contributed by atoms with E-state index in [0.717, 1.165) is 18.1 Å². The highest BCUT2D eigenvalue weighted by molar-refractivity contribution is 6.29. The van der Waals surface area contributed by atoms with Crippen LogP contribution in [0.4, 0.5) is 0 Å². The number of benzene rings is 1. The van der Waals surface area contributed by atoms with Gasteiger partial charge in [-0.2, -0.15) is 0 Å². The molecule has 0 saturated carbocycles. The van der Waals surface area contributed by atoms with Gasteiger partial charge in [-0.15, -0.1) is 0 Å². The van der Waals surface area contributed by atoms with Crippen molar-refractivity contribution < 1.29 is 5.32 Å². The van der Waals surface area contributed by atoms with Crippen LogP contribution in [0, 0.1) is 0 Å². The highest BCUT2D eigenvalue weighted by Gasteiger charge is 1.91. The third kappa shape index (κ3) is 4.71. The van der Waals surface area contributed by atoms with Crippen LogP contribution in [0.25, 0.3) is 0 Å². The van der Waals surface area contributed by atoms with Gasteiger partial charge in [0.2, 0.25) is 0 Å². The van der Waals surface area contributed by atoms with Crippen LogP contribution in [0.15, 0.2) is 41.4 Å². The van der Waals surface area contributed by atoms with Crippen LogP contribution < -0.4 is 5.32 Å². The van der Waals surface area contributed by atoms with Gasteiger partial charge in [-0.25, -0.2) is 0 Å². The Balaban J connectivity index is 2.25. The molecule has 0 unspecified atom stereocenters. The van der Waals surface area contributed by atoms with Gasteiger partial charge in [-0.3, -0.25) is 0 Å². The zero-order valence-electron chi connectivity index (χ0n) is 7.83. The van der Waals surface area contributed by atoms with Gasteiger partial charge in [0, 0.05) is 10.6 Å². The molecule has 0 aromatic heterocycles. The van der Waals surface area contributed by atoms with Crippen LogP contribution in [0.3, 0.4) is 0 Å². The Hall–Kier alpha value is -0.790. The molecule has 1 nitrogen and oxygen atoms in total. The Morgan fingerprint density at radius 3 is 2.69 bits per heavy atom. The van der Waals surface area contributed by atoms with Gasteiger partial charge in [0.1, 0.15) is 6.54 Å². The first-order valence-corrected chi connectivity index (χ1v) is 4.84. The fourth-order valence-electron chi connectivity index (χ4n) is 1.11. The minimum absolute atomic E-state index is 0.865. The first-order chi connectivity index (χ1) is 6.29. The molecule has 2 heteroatoms. The topological polar surface area (TPSA) is 16.6 Å². The number of quaternary nitrogens is 1. The predicted octanol–water partition coefficient (Wildman–Crippen LogP) is 1.89. The smallest absolute Gasteiger partial charge is 0.101 e. The van der Waals surface area contributed by atoms with E-state index in [1.165, 1.54) is 5.56 Å². The lowest BCUT2D eigenvalue weighted by molar-refractivity contribution is -0.662. The number of halogens is 1. The molecular weight excluding hydrogens is 182 g/mol. The summed E-state index contributed by atoms with van der Waals surface area (Å²) in [7, 11) is 0. The first kappa shape index (κ1) is 10.3. The summed E-state index contributed by atoms with van der Waals surface area (Å²) in [5.74, 6) is 0. The molecule has 0 amide bonds. The molecule has 1 aromatic carbocycles. The summed E-state index contributed by atoms with van der Waals surface area (Å²) in [6.45, 7) is 3.86. The molecule has 13 heavy (non-hydrogen) atoms. The second-order valence-corrected chi connectivity index (χ2v) is 3.60. The van der Waals surface area contributed by atoms with Crippen molar-refractivity contribution in [2.24, 2.45) is 0 Å². The second kappa shape index (κ2) is 5.79. The average molecular weight is 197 g/mol. The van der Waals surface area contributed by atoms with E-state index in [9.17, 15) is 0 Å². The monoisotopic (exact) mass is 196 g/mol. The van der Waals surface area contributed by atoms with Gasteiger partial charge in [0.15, 0.2) is 0 Å². The fraction of sp³-hybridized carbons (Fsp3) is 0.273. The number of allylic oxidation sites excluding steroid dienone is 1. The molecule has 1 rings (SSSR count). The molecule has 2 N–H and O–H groups in total. The molecule has 0 fully saturated rings. The fourth-order valence-corrected chi connectivity index (χ4v) is 1.20. The van der Waals surface area contributed by atoms with Crippen LogP contribution in [0.5, 0.6) is 0 Å². The summed E-state index contributed by atoms with van der Waals surface area (Å²) in [5, 5.41) is 3.09. The van der Waals surface area contributed by atoms with Gasteiger partial charge in [0.25, 0.3) is 0 Å². The van der Waals surface area contributed by atoms with E-state index >= 15 is 0 Å². The van der Waals surface area contributed by atoms with Crippen molar-refractivity contribution in [3.8, 4) is 0 Å². The largest absolute Gasteiger partial charge is 0.339 e. The van der Waals surface area contributed by atoms with Gasteiger partial charge in [0.05, 0.1) is 6.54 Å². The molecule has 0 atom stereocenters. The lowest BCUT2D eigenvalue weighted by Gasteiger charge is -1.98. The molecule has 1 aromatic rings. The molecular formula is C11H15ClN+. The molecule has 0 aliphatic heterocycles. The van der Waals surface area contributed by atoms with Crippen LogP contribution >= 0.6 is 11.6 Å². The van der Waals surface area contributed by atoms with E-state index in [1.807, 2.05) is 19.1 Å². The summed E-state index contributed by atoms with van der Waals surface area (Å²) < 4.78 is 0. The Morgan fingerprint density at radius 2 is 2.08 bits per heavy atom. The van der Waals surface area contributed by atoms with E-state index in [0.29, 0.717) is 0 Å². The number of nitrogens with two attached hydrogens (primary N) is 1. The van der Waals surface area contributed by atoms with Crippen molar-refractivity contribution in [1.29, 1.82) is 0 Å². The summed E-state index contributed by atoms with van der Waals surface area (Å²) in [4.78, 5) is 0. The van der Waals surface area contributed by atoms with Crippen LogP contribution in [0.2, 0.25) is 0 Å². The molecule has 0 bridgehead atoms. The molecule has 0 saturated heterocycles. The molecule has 0 aliphatic rings. The van der Waals surface area contributed by atoms with Gasteiger partial charge < -0.3 is 5.32 Å². The van der Waals surface area contributed by atoms with Gasteiger partial charge in [-0.1, -0.05) is 41.9 Å². The maximum Gasteiger partial charge on any atom is 0.101 e. The average Bonchev–Trinajstić information content (AvgIpc) is 2.14. The SMILES string of the molecule is C/C(Cl)=C\C[NH2+]Cc1ccccc1. The third-order valence-corrected chi connectivity index (χ3v) is 1.94. The normalized spacial score (nSPS) is 11.7. The predicted molar refractivity (Wildman–Crippen MR) is 56.5 cm³/mol. The van der Waals surface area contributed by atoms with E-state index in [4.69, 9.17) is 11.6 Å². The van der Waals surface area contributed by atoms with E-state index in [2.05, 4.69) is 29.6 Å². The zero-order valence-corrected chi connectivity index (χ0v) is 8.59. The minimum atomic E-state index is 0.865. The van der Waals surface area contributed by atoms with E-state index in [1.54, 1.807) is 0 Å². The number of hydrogen-bond donors (Lipinski definition) is 1. The Kier molecular flexibility index (Phi) is 4.58. The number of rotatable bonds is 4. The van der Waals surface area contributed by atoms with Crippen molar-refractivity contribution in [2.45, 2.75) is 13.5 Å². The summed E-state index contributed by atoms with van der Waals surface area (Å²) in [6.07, 6.45) is 2.02. The summed E-state index contributed by atoms with van der Waals surface area (Å²) in [5.41, 5.74) is 1.35. The molecule has 0 radical (unpaired) electrons. The molecule has 0 heterocycles. The standard InChI is InChI=1S/C11H14ClN/c1-10(12)7-8-13-9-11-5-3-2-4-6-11/h2-7,13H,8-9H2,1H3/p+1/b10-7+. The zero-order chi connectivity index (χ0) is 9.52. The van der Waals surface area contributed by atoms with Crippen molar-refractivity contribution in [1.82, 2.24) is 0 Å². The number of hydrogen-bond acceptors (Lipinski definition) is 0. The maximum atomic E-state index is 5.70. The van der Waals surface area contributed by atoms with Crippen LogP contribution in [-0.4, -0.2) is 6.54 Å². The summed E-state index contributed by atoms with van der Waals surface area (Å²) in [6, 6.07) is 10.4. The van der Waals surface area contributed by atoms with Gasteiger partial charge in [-0.05, 0) is 13.0 Å². The lowest BCUT2D eigenvalue weighted by atomic mass is 10.2. The second-order valence-electron chi connectivity index (χ2n) is 3.00. The highest BCUT2D eigenvalue weighted by Crippen LogP contribution is 1.95. The molecule has 0 spiro atoms. The Morgan fingerprint density at radius 1 is 1.38 bits per heavy atom. The van der Waals surface area contributed by atoms with Crippen LogP contribution in [0.1, 0.15) is 12.5 Å². The van der Waals surface area contributed by atoms with Crippen molar-refractivity contribution >= 4 is 11.6 Å². The maximum absolute atomic E-state index is 5.70. The first-order valence-electron chi connectivity index (χ1n) is 4.47. The Bertz CT molecular complexity index is 263. The summed E-state index contributed by atoms with van der Waals surface area (Å²) >= 11 is 5.70. The lowest BCUT2D eigenvalue weighted by Crippen LogP contribution is -2.82. The third-order valence-electron chi connectivity index (χ3n) is 1.79. The quantitative estimate of drug-likeness (QED) is 0.709. The Labute approximate surface area is 84.4 Å². The molecule has 0 aliphatic carbocycles. The van der Waals surface area contributed by atoms with Gasteiger partial charge >= 0.3 is 0 Å². The van der Waals surface area contributed by atoms with Crippen molar-refractivity contribution in [3.05, 3.63) is 47.0 Å². The van der Waals surface area contributed by atoms with Crippen LogP contribution in [-0.2, 0) is 6.54 Å². The van der Waals surface area contributed by atoms with E-state index in [-0.39, 0.29) is 0 Å². The van der Waals surface area contributed by atoms with E-state index < -0.39 is 0 Å². The minimum Gasteiger partial charge on any atom is -0.339 e.